The lowest BCUT2D eigenvalue weighted by atomic mass is 10.0. The predicted octanol–water partition coefficient (Wildman–Crippen LogP) is 2.59. The second-order valence-electron chi connectivity index (χ2n) is 7.09. The molecule has 7 nitrogen and oxygen atoms in total. The van der Waals surface area contributed by atoms with Crippen molar-refractivity contribution >= 4 is 28.9 Å². The van der Waals surface area contributed by atoms with Gasteiger partial charge in [0.05, 0.1) is 23.0 Å². The van der Waals surface area contributed by atoms with Crippen molar-refractivity contribution in [2.24, 2.45) is 0 Å². The number of piperidine rings is 1. The van der Waals surface area contributed by atoms with Crippen molar-refractivity contribution in [1.82, 2.24) is 15.3 Å². The number of benzene rings is 2. The van der Waals surface area contributed by atoms with Gasteiger partial charge in [0, 0.05) is 19.1 Å². The van der Waals surface area contributed by atoms with Crippen LogP contribution in [0.25, 0.3) is 11.0 Å². The van der Waals surface area contributed by atoms with Crippen LogP contribution in [0.15, 0.2) is 48.5 Å². The molecule has 3 N–H and O–H groups in total. The van der Waals surface area contributed by atoms with E-state index in [1.807, 2.05) is 24.3 Å². The number of carboxylic acids is 1. The normalized spacial score (nSPS) is 14.9. The molecule has 1 amide bonds. The molecule has 28 heavy (non-hydrogen) atoms. The maximum atomic E-state index is 12.3. The number of imidazole rings is 1. The first kappa shape index (κ1) is 18.0. The third kappa shape index (κ3) is 3.98. The number of carboxylic acid groups (broad SMARTS) is 1. The average Bonchev–Trinajstić information content (AvgIpc) is 3.13. The van der Waals surface area contributed by atoms with Gasteiger partial charge >= 0.3 is 5.97 Å². The molecule has 4 rings (SSSR count). The van der Waals surface area contributed by atoms with Crippen molar-refractivity contribution in [3.8, 4) is 0 Å². The van der Waals surface area contributed by atoms with Crippen LogP contribution in [0.3, 0.4) is 0 Å². The van der Waals surface area contributed by atoms with E-state index in [-0.39, 0.29) is 23.9 Å². The monoisotopic (exact) mass is 378 g/mol. The zero-order valence-corrected chi connectivity index (χ0v) is 15.4. The van der Waals surface area contributed by atoms with Crippen LogP contribution in [0.1, 0.15) is 28.8 Å². The third-order valence-corrected chi connectivity index (χ3v) is 5.10. The first-order valence-electron chi connectivity index (χ1n) is 9.40. The van der Waals surface area contributed by atoms with E-state index < -0.39 is 5.97 Å². The molecule has 0 radical (unpaired) electrons. The molecule has 7 heteroatoms. The summed E-state index contributed by atoms with van der Waals surface area (Å²) >= 11 is 0. The summed E-state index contributed by atoms with van der Waals surface area (Å²) in [6.45, 7) is 1.66. The lowest BCUT2D eigenvalue weighted by Crippen LogP contribution is -2.45. The molecule has 1 fully saturated rings. The number of carbonyl (C=O) groups is 2. The first-order valence-corrected chi connectivity index (χ1v) is 9.40. The molecule has 0 atom stereocenters. The van der Waals surface area contributed by atoms with Gasteiger partial charge in [-0.3, -0.25) is 4.79 Å². The number of para-hydroxylation sites is 2. The quantitative estimate of drug-likeness (QED) is 0.634. The van der Waals surface area contributed by atoms with Gasteiger partial charge in [0.2, 0.25) is 11.9 Å². The zero-order chi connectivity index (χ0) is 19.5. The second kappa shape index (κ2) is 7.72. The van der Waals surface area contributed by atoms with Crippen LogP contribution in [0.2, 0.25) is 0 Å². The Morgan fingerprint density at radius 2 is 1.82 bits per heavy atom. The highest BCUT2D eigenvalue weighted by Gasteiger charge is 2.22. The van der Waals surface area contributed by atoms with Crippen LogP contribution in [-0.4, -0.2) is 46.1 Å². The van der Waals surface area contributed by atoms with Crippen molar-refractivity contribution in [2.75, 3.05) is 18.0 Å². The van der Waals surface area contributed by atoms with Gasteiger partial charge in [-0.05, 0) is 42.7 Å². The number of fused-ring (bicyclic) bond motifs is 1. The standard InChI is InChI=1S/C21H22N4O3/c26-19(13-14-5-7-15(8-6-14)20(27)28)22-16-9-11-25(12-10-16)21-23-17-3-1-2-4-18(17)24-21/h1-8,16H,9-13H2,(H,22,26)(H,23,24)(H,27,28). The Labute approximate surface area is 162 Å². The molecular weight excluding hydrogens is 356 g/mol. The number of aromatic amines is 1. The first-order chi connectivity index (χ1) is 13.6. The molecular formula is C21H22N4O3. The van der Waals surface area contributed by atoms with E-state index in [2.05, 4.69) is 20.2 Å². The smallest absolute Gasteiger partial charge is 0.335 e. The van der Waals surface area contributed by atoms with Gasteiger partial charge in [-0.1, -0.05) is 24.3 Å². The summed E-state index contributed by atoms with van der Waals surface area (Å²) < 4.78 is 0. The fourth-order valence-electron chi connectivity index (χ4n) is 3.55. The number of nitrogens with one attached hydrogen (secondary N) is 2. The summed E-state index contributed by atoms with van der Waals surface area (Å²) in [6, 6.07) is 14.5. The van der Waals surface area contributed by atoms with E-state index >= 15 is 0 Å². The van der Waals surface area contributed by atoms with Gasteiger partial charge in [0.25, 0.3) is 0 Å². The van der Waals surface area contributed by atoms with Crippen LogP contribution < -0.4 is 10.2 Å². The van der Waals surface area contributed by atoms with Gasteiger partial charge in [0.15, 0.2) is 0 Å². The third-order valence-electron chi connectivity index (χ3n) is 5.10. The Kier molecular flexibility index (Phi) is 4.97. The molecule has 0 saturated carbocycles. The molecule has 0 bridgehead atoms. The van der Waals surface area contributed by atoms with E-state index in [1.165, 1.54) is 12.1 Å². The number of carbonyl (C=O) groups excluding carboxylic acids is 1. The minimum absolute atomic E-state index is 0.0368. The van der Waals surface area contributed by atoms with Gasteiger partial charge in [-0.15, -0.1) is 0 Å². The fourth-order valence-corrected chi connectivity index (χ4v) is 3.55. The number of aromatic nitrogens is 2. The van der Waals surface area contributed by atoms with Crippen LogP contribution >= 0.6 is 0 Å². The summed E-state index contributed by atoms with van der Waals surface area (Å²) in [6.07, 6.45) is 1.98. The molecule has 1 aliphatic heterocycles. The highest BCUT2D eigenvalue weighted by molar-refractivity contribution is 5.87. The highest BCUT2D eigenvalue weighted by atomic mass is 16.4. The highest BCUT2D eigenvalue weighted by Crippen LogP contribution is 2.21. The predicted molar refractivity (Wildman–Crippen MR) is 107 cm³/mol. The SMILES string of the molecule is O=C(Cc1ccc(C(=O)O)cc1)NC1CCN(c2nc3ccccc3[nH]2)CC1. The summed E-state index contributed by atoms with van der Waals surface area (Å²) in [5, 5.41) is 12.0. The van der Waals surface area contributed by atoms with Crippen molar-refractivity contribution in [3.63, 3.8) is 0 Å². The van der Waals surface area contributed by atoms with Crippen molar-refractivity contribution < 1.29 is 14.7 Å². The molecule has 0 unspecified atom stereocenters. The van der Waals surface area contributed by atoms with Crippen LogP contribution in [0.4, 0.5) is 5.95 Å². The van der Waals surface area contributed by atoms with Gasteiger partial charge in [-0.25, -0.2) is 9.78 Å². The Balaban J connectivity index is 1.29. The van der Waals surface area contributed by atoms with E-state index in [0.717, 1.165) is 48.5 Å². The Hall–Kier alpha value is -3.35. The van der Waals surface area contributed by atoms with Crippen molar-refractivity contribution in [3.05, 3.63) is 59.7 Å². The minimum atomic E-state index is -0.966. The van der Waals surface area contributed by atoms with E-state index in [0.29, 0.717) is 0 Å². The number of hydrogen-bond acceptors (Lipinski definition) is 4. The summed E-state index contributed by atoms with van der Waals surface area (Å²) in [5.41, 5.74) is 3.02. The molecule has 144 valence electrons. The molecule has 1 aromatic heterocycles. The number of nitrogens with zero attached hydrogens (tertiary/aromatic N) is 2. The molecule has 0 aliphatic carbocycles. The Morgan fingerprint density at radius 1 is 1.11 bits per heavy atom. The number of amides is 1. The summed E-state index contributed by atoms with van der Waals surface area (Å²) in [5.74, 6) is -0.123. The molecule has 1 aliphatic rings. The summed E-state index contributed by atoms with van der Waals surface area (Å²) in [4.78, 5) is 33.4. The Morgan fingerprint density at radius 3 is 2.50 bits per heavy atom. The fraction of sp³-hybridized carbons (Fsp3) is 0.286. The number of aromatic carboxylic acids is 1. The van der Waals surface area contributed by atoms with E-state index in [1.54, 1.807) is 12.1 Å². The lowest BCUT2D eigenvalue weighted by molar-refractivity contribution is -0.121. The Bertz CT molecular complexity index is 955. The number of rotatable bonds is 5. The largest absolute Gasteiger partial charge is 0.478 e. The number of H-pyrrole nitrogens is 1. The van der Waals surface area contributed by atoms with Crippen LogP contribution in [0.5, 0.6) is 0 Å². The molecule has 2 aromatic carbocycles. The molecule has 3 aromatic rings. The van der Waals surface area contributed by atoms with Gasteiger partial charge in [-0.2, -0.15) is 0 Å². The topological polar surface area (TPSA) is 98.3 Å². The van der Waals surface area contributed by atoms with Crippen LogP contribution in [-0.2, 0) is 11.2 Å². The van der Waals surface area contributed by atoms with Crippen molar-refractivity contribution in [2.45, 2.75) is 25.3 Å². The van der Waals surface area contributed by atoms with E-state index in [9.17, 15) is 9.59 Å². The molecule has 0 spiro atoms. The average molecular weight is 378 g/mol. The van der Waals surface area contributed by atoms with E-state index in [4.69, 9.17) is 5.11 Å². The van der Waals surface area contributed by atoms with Gasteiger partial charge in [0.1, 0.15) is 0 Å². The van der Waals surface area contributed by atoms with Crippen molar-refractivity contribution in [1.29, 1.82) is 0 Å². The summed E-state index contributed by atoms with van der Waals surface area (Å²) in [7, 11) is 0. The second-order valence-corrected chi connectivity index (χ2v) is 7.09. The zero-order valence-electron chi connectivity index (χ0n) is 15.4. The van der Waals surface area contributed by atoms with Crippen LogP contribution in [0, 0.1) is 0 Å². The maximum Gasteiger partial charge on any atom is 0.335 e. The minimum Gasteiger partial charge on any atom is -0.478 e. The molecule has 2 heterocycles. The maximum absolute atomic E-state index is 12.3. The van der Waals surface area contributed by atoms with Gasteiger partial charge < -0.3 is 20.3 Å². The lowest BCUT2D eigenvalue weighted by Gasteiger charge is -2.32. The number of anilines is 1. The molecule has 1 saturated heterocycles. The number of hydrogen-bond donors (Lipinski definition) is 3.